The molecule has 0 spiro atoms. The molecule has 3 heterocycles. The Balaban J connectivity index is 1.68. The Morgan fingerprint density at radius 3 is 2.74 bits per heavy atom. The third kappa shape index (κ3) is 3.65. The fourth-order valence-corrected chi connectivity index (χ4v) is 3.73. The summed E-state index contributed by atoms with van der Waals surface area (Å²) in [7, 11) is 0. The first kappa shape index (κ1) is 16.2. The van der Waals surface area contributed by atoms with Crippen LogP contribution >= 0.6 is 11.3 Å². The predicted octanol–water partition coefficient (Wildman–Crippen LogP) is 3.29. The normalized spacial score (nSPS) is 19.3. The highest BCUT2D eigenvalue weighted by Gasteiger charge is 2.34. The number of nitrogens with zero attached hydrogens (tertiary/aromatic N) is 5. The maximum absolute atomic E-state index is 12.7. The van der Waals surface area contributed by atoms with Crippen molar-refractivity contribution in [2.75, 3.05) is 18.0 Å². The molecular formula is C14H18F3N5S. The zero-order valence-corrected chi connectivity index (χ0v) is 13.8. The molecule has 0 N–H and O–H groups in total. The van der Waals surface area contributed by atoms with Gasteiger partial charge in [0.2, 0.25) is 0 Å². The van der Waals surface area contributed by atoms with Crippen LogP contribution in [0.5, 0.6) is 0 Å². The van der Waals surface area contributed by atoms with E-state index in [1.165, 1.54) is 0 Å². The van der Waals surface area contributed by atoms with Crippen LogP contribution in [0.3, 0.4) is 0 Å². The quantitative estimate of drug-likeness (QED) is 0.856. The Labute approximate surface area is 136 Å². The van der Waals surface area contributed by atoms with E-state index in [1.54, 1.807) is 0 Å². The Kier molecular flexibility index (Phi) is 4.31. The van der Waals surface area contributed by atoms with E-state index in [4.69, 9.17) is 0 Å². The van der Waals surface area contributed by atoms with E-state index >= 15 is 0 Å². The Morgan fingerprint density at radius 1 is 1.35 bits per heavy atom. The van der Waals surface area contributed by atoms with E-state index in [0.717, 1.165) is 43.8 Å². The summed E-state index contributed by atoms with van der Waals surface area (Å²) in [4.78, 5) is 9.56. The molecule has 0 aliphatic carbocycles. The molecule has 9 heteroatoms. The van der Waals surface area contributed by atoms with Crippen molar-refractivity contribution in [3.63, 3.8) is 0 Å². The van der Waals surface area contributed by atoms with E-state index in [1.807, 2.05) is 23.4 Å². The van der Waals surface area contributed by atoms with E-state index in [9.17, 15) is 13.2 Å². The SMILES string of the molecule is Cc1nc(C)n(CC2CCCN(c3ncc(C(F)(F)F)s3)C2)n1. The molecule has 126 valence electrons. The molecule has 5 nitrogen and oxygen atoms in total. The summed E-state index contributed by atoms with van der Waals surface area (Å²) in [5.41, 5.74) is 0. The van der Waals surface area contributed by atoms with E-state index in [2.05, 4.69) is 15.1 Å². The molecule has 1 unspecified atom stereocenters. The molecule has 3 rings (SSSR count). The van der Waals surface area contributed by atoms with Crippen molar-refractivity contribution in [3.05, 3.63) is 22.7 Å². The number of anilines is 1. The molecule has 2 aromatic rings. The minimum absolute atomic E-state index is 0.335. The van der Waals surface area contributed by atoms with Crippen LogP contribution in [0.15, 0.2) is 6.20 Å². The van der Waals surface area contributed by atoms with Gasteiger partial charge in [0.15, 0.2) is 5.13 Å². The Bertz CT molecular complexity index is 678. The van der Waals surface area contributed by atoms with Gasteiger partial charge in [-0.15, -0.1) is 0 Å². The first-order valence-corrected chi connectivity index (χ1v) is 8.30. The number of piperidine rings is 1. The lowest BCUT2D eigenvalue weighted by Crippen LogP contribution is -2.37. The lowest BCUT2D eigenvalue weighted by molar-refractivity contribution is -0.134. The van der Waals surface area contributed by atoms with Crippen LogP contribution in [0, 0.1) is 19.8 Å². The van der Waals surface area contributed by atoms with Crippen molar-refractivity contribution in [2.24, 2.45) is 5.92 Å². The van der Waals surface area contributed by atoms with Gasteiger partial charge in [0.05, 0.1) is 6.20 Å². The summed E-state index contributed by atoms with van der Waals surface area (Å²) < 4.78 is 40.0. The molecular weight excluding hydrogens is 327 g/mol. The van der Waals surface area contributed by atoms with Crippen LogP contribution in [0.4, 0.5) is 18.3 Å². The molecule has 2 aromatic heterocycles. The summed E-state index contributed by atoms with van der Waals surface area (Å²) in [6.07, 6.45) is -1.42. The zero-order valence-electron chi connectivity index (χ0n) is 13.0. The second kappa shape index (κ2) is 6.10. The molecule has 0 aromatic carbocycles. The average molecular weight is 345 g/mol. The number of thiazole rings is 1. The van der Waals surface area contributed by atoms with Crippen LogP contribution in [-0.2, 0) is 12.7 Å². The smallest absolute Gasteiger partial charge is 0.348 e. The zero-order chi connectivity index (χ0) is 16.6. The number of halogens is 3. The van der Waals surface area contributed by atoms with Crippen molar-refractivity contribution < 1.29 is 13.2 Å². The second-order valence-corrected chi connectivity index (χ2v) is 6.86. The molecule has 0 amide bonds. The topological polar surface area (TPSA) is 46.8 Å². The van der Waals surface area contributed by atoms with Gasteiger partial charge in [-0.25, -0.2) is 14.6 Å². The molecule has 1 saturated heterocycles. The van der Waals surface area contributed by atoms with Gasteiger partial charge >= 0.3 is 6.18 Å². The van der Waals surface area contributed by atoms with Crippen LogP contribution in [0.1, 0.15) is 29.4 Å². The highest BCUT2D eigenvalue weighted by molar-refractivity contribution is 7.15. The number of hydrogen-bond acceptors (Lipinski definition) is 5. The van der Waals surface area contributed by atoms with Crippen molar-refractivity contribution in [1.29, 1.82) is 0 Å². The molecule has 1 fully saturated rings. The van der Waals surface area contributed by atoms with Crippen molar-refractivity contribution >= 4 is 16.5 Å². The molecule has 1 atom stereocenters. The van der Waals surface area contributed by atoms with Crippen LogP contribution < -0.4 is 4.90 Å². The van der Waals surface area contributed by atoms with Crippen molar-refractivity contribution in [1.82, 2.24) is 19.7 Å². The predicted molar refractivity (Wildman–Crippen MR) is 81.5 cm³/mol. The fraction of sp³-hybridized carbons (Fsp3) is 0.643. The van der Waals surface area contributed by atoms with Gasteiger partial charge in [0, 0.05) is 19.6 Å². The van der Waals surface area contributed by atoms with Gasteiger partial charge in [-0.3, -0.25) is 0 Å². The average Bonchev–Trinajstić information content (AvgIpc) is 3.06. The summed E-state index contributed by atoms with van der Waals surface area (Å²) in [5, 5.41) is 4.82. The van der Waals surface area contributed by atoms with Gasteiger partial charge in [-0.1, -0.05) is 11.3 Å². The number of aromatic nitrogens is 4. The third-order valence-electron chi connectivity index (χ3n) is 3.96. The van der Waals surface area contributed by atoms with Gasteiger partial charge in [-0.2, -0.15) is 18.3 Å². The van der Waals surface area contributed by atoms with Crippen molar-refractivity contribution in [2.45, 2.75) is 39.4 Å². The maximum atomic E-state index is 12.7. The Hall–Kier alpha value is -1.64. The fourth-order valence-electron chi connectivity index (χ4n) is 2.91. The van der Waals surface area contributed by atoms with Crippen LogP contribution in [-0.4, -0.2) is 32.8 Å². The monoisotopic (exact) mass is 345 g/mol. The largest absolute Gasteiger partial charge is 0.427 e. The van der Waals surface area contributed by atoms with Crippen molar-refractivity contribution in [3.8, 4) is 0 Å². The third-order valence-corrected chi connectivity index (χ3v) is 5.06. The standard InChI is InChI=1S/C14H18F3N5S/c1-9-19-10(2)22(20-9)8-11-4-3-5-21(7-11)13-18-6-12(23-13)14(15,16)17/h6,11H,3-5,7-8H2,1-2H3. The maximum Gasteiger partial charge on any atom is 0.427 e. The molecule has 0 bridgehead atoms. The first-order chi connectivity index (χ1) is 10.8. The number of rotatable bonds is 3. The van der Waals surface area contributed by atoms with Gasteiger partial charge in [0.1, 0.15) is 16.5 Å². The van der Waals surface area contributed by atoms with Gasteiger partial charge < -0.3 is 4.90 Å². The number of hydrogen-bond donors (Lipinski definition) is 0. The van der Waals surface area contributed by atoms with Gasteiger partial charge in [0.25, 0.3) is 0 Å². The Morgan fingerprint density at radius 2 is 2.13 bits per heavy atom. The highest BCUT2D eigenvalue weighted by Crippen LogP contribution is 2.37. The molecule has 1 aliphatic rings. The summed E-state index contributed by atoms with van der Waals surface area (Å²) in [6, 6.07) is 0. The highest BCUT2D eigenvalue weighted by atomic mass is 32.1. The lowest BCUT2D eigenvalue weighted by atomic mass is 9.98. The van der Waals surface area contributed by atoms with E-state index < -0.39 is 11.1 Å². The molecule has 23 heavy (non-hydrogen) atoms. The summed E-state index contributed by atoms with van der Waals surface area (Å²) in [6.45, 7) is 5.95. The van der Waals surface area contributed by atoms with Gasteiger partial charge in [-0.05, 0) is 32.6 Å². The summed E-state index contributed by atoms with van der Waals surface area (Å²) in [5.74, 6) is 1.94. The summed E-state index contributed by atoms with van der Waals surface area (Å²) >= 11 is 0.717. The minimum Gasteiger partial charge on any atom is -0.348 e. The number of aryl methyl sites for hydroxylation is 2. The molecule has 1 aliphatic heterocycles. The van der Waals surface area contributed by atoms with Crippen LogP contribution in [0.2, 0.25) is 0 Å². The molecule has 0 radical (unpaired) electrons. The van der Waals surface area contributed by atoms with E-state index in [-0.39, 0.29) is 0 Å². The lowest BCUT2D eigenvalue weighted by Gasteiger charge is -2.32. The van der Waals surface area contributed by atoms with E-state index in [0.29, 0.717) is 28.9 Å². The second-order valence-electron chi connectivity index (χ2n) is 5.85. The minimum atomic E-state index is -4.32. The first-order valence-electron chi connectivity index (χ1n) is 7.49. The van der Waals surface area contributed by atoms with Crippen LogP contribution in [0.25, 0.3) is 0 Å². The number of alkyl halides is 3. The molecule has 0 saturated carbocycles.